The molecule has 4 rings (SSSR count). The van der Waals surface area contributed by atoms with Crippen molar-refractivity contribution in [3.05, 3.63) is 71.2 Å². The number of nitrogens with zero attached hydrogens (tertiary/aromatic N) is 4. The van der Waals surface area contributed by atoms with E-state index in [1.165, 1.54) is 17.2 Å². The Kier molecular flexibility index (Phi) is 7.00. The first kappa shape index (κ1) is 23.9. The van der Waals surface area contributed by atoms with E-state index in [1.54, 1.807) is 37.4 Å². The minimum atomic E-state index is -3.97. The van der Waals surface area contributed by atoms with Gasteiger partial charge in [0.25, 0.3) is 0 Å². The summed E-state index contributed by atoms with van der Waals surface area (Å²) in [7, 11) is -3.97. The van der Waals surface area contributed by atoms with Crippen LogP contribution in [0.25, 0.3) is 0 Å². The third-order valence-corrected chi connectivity index (χ3v) is 6.25. The molecule has 34 heavy (non-hydrogen) atoms. The van der Waals surface area contributed by atoms with Gasteiger partial charge in [-0.05, 0) is 43.7 Å². The van der Waals surface area contributed by atoms with Crippen LogP contribution in [0.3, 0.4) is 0 Å². The minimum absolute atomic E-state index is 0.0163. The molecule has 3 N–H and O–H groups in total. The van der Waals surface area contributed by atoms with Crippen molar-refractivity contribution in [3.63, 3.8) is 0 Å². The van der Waals surface area contributed by atoms with Crippen molar-refractivity contribution in [2.75, 3.05) is 11.9 Å². The molecule has 1 fully saturated rings. The Morgan fingerprint density at radius 3 is 2.94 bits per heavy atom. The number of rotatable bonds is 9. The second-order valence-corrected chi connectivity index (χ2v) is 9.58. The molecule has 0 bridgehead atoms. The number of carbonyl (C=O) groups excluding carboxylic acids is 1. The molecule has 0 radical (unpaired) electrons. The molecule has 2 atom stereocenters. The maximum Gasteiger partial charge on any atom is 0.333 e. The third kappa shape index (κ3) is 5.82. The lowest BCUT2D eigenvalue weighted by molar-refractivity contribution is 0.103. The number of nitrogens with two attached hydrogens (primary N) is 1. The van der Waals surface area contributed by atoms with Gasteiger partial charge in [0, 0.05) is 24.0 Å². The van der Waals surface area contributed by atoms with Crippen molar-refractivity contribution in [2.45, 2.75) is 38.8 Å². The highest BCUT2D eigenvalue weighted by molar-refractivity contribution is 7.84. The minimum Gasteiger partial charge on any atom is -0.367 e. The summed E-state index contributed by atoms with van der Waals surface area (Å²) in [6.45, 7) is 1.91. The van der Waals surface area contributed by atoms with Crippen molar-refractivity contribution in [1.82, 2.24) is 19.7 Å². The van der Waals surface area contributed by atoms with E-state index >= 15 is 0 Å². The second kappa shape index (κ2) is 9.95. The van der Waals surface area contributed by atoms with Crippen molar-refractivity contribution >= 4 is 21.9 Å². The summed E-state index contributed by atoms with van der Waals surface area (Å²) in [4.78, 5) is 21.3. The molecule has 3 aromatic rings. The quantitative estimate of drug-likeness (QED) is 0.437. The number of carbonyl (C=O) groups is 1. The van der Waals surface area contributed by atoms with Crippen LogP contribution in [0.5, 0.6) is 0 Å². The normalized spacial score (nSPS) is 18.2. The topological polar surface area (TPSA) is 142 Å². The van der Waals surface area contributed by atoms with Crippen LogP contribution < -0.4 is 10.5 Å². The molecule has 0 amide bonds. The largest absolute Gasteiger partial charge is 0.367 e. The maximum atomic E-state index is 14.3. The van der Waals surface area contributed by atoms with Gasteiger partial charge in [-0.25, -0.2) is 19.5 Å². The predicted octanol–water partition coefficient (Wildman–Crippen LogP) is 2.20. The molecule has 0 aliphatic heterocycles. The first-order valence-corrected chi connectivity index (χ1v) is 12.2. The molecule has 2 heterocycles. The molecule has 0 saturated heterocycles. The van der Waals surface area contributed by atoms with Crippen LogP contribution in [0, 0.1) is 18.7 Å². The van der Waals surface area contributed by atoms with E-state index in [9.17, 15) is 17.6 Å². The van der Waals surface area contributed by atoms with Crippen molar-refractivity contribution in [3.8, 4) is 0 Å². The van der Waals surface area contributed by atoms with Crippen molar-refractivity contribution in [2.24, 2.45) is 11.1 Å². The fourth-order valence-corrected chi connectivity index (χ4v) is 4.45. The fraction of sp³-hybridized carbons (Fsp3) is 0.364. The Hall–Kier alpha value is -3.22. The third-order valence-electron chi connectivity index (χ3n) is 5.78. The van der Waals surface area contributed by atoms with Crippen LogP contribution in [0.4, 0.5) is 10.2 Å². The number of ketones is 1. The Balaban J connectivity index is 1.44. The summed E-state index contributed by atoms with van der Waals surface area (Å²) in [6.07, 6.45) is 6.54. The molecule has 1 aromatic carbocycles. The van der Waals surface area contributed by atoms with E-state index in [0.717, 1.165) is 12.8 Å². The van der Waals surface area contributed by atoms with Crippen molar-refractivity contribution < 1.29 is 21.8 Å². The number of benzene rings is 1. The summed E-state index contributed by atoms with van der Waals surface area (Å²) < 4.78 is 42.5. The van der Waals surface area contributed by atoms with Crippen LogP contribution in [0.15, 0.2) is 43.0 Å². The van der Waals surface area contributed by atoms with E-state index in [2.05, 4.69) is 20.4 Å². The van der Waals surface area contributed by atoms with E-state index in [0.29, 0.717) is 23.4 Å². The summed E-state index contributed by atoms with van der Waals surface area (Å²) in [5, 5.41) is 12.5. The van der Waals surface area contributed by atoms with E-state index in [-0.39, 0.29) is 48.0 Å². The van der Waals surface area contributed by atoms with Crippen LogP contribution in [-0.2, 0) is 21.0 Å². The van der Waals surface area contributed by atoms with Gasteiger partial charge in [-0.3, -0.25) is 13.7 Å². The zero-order valence-corrected chi connectivity index (χ0v) is 19.3. The zero-order chi connectivity index (χ0) is 24.3. The second-order valence-electron chi connectivity index (χ2n) is 8.36. The monoisotopic (exact) mass is 488 g/mol. The highest BCUT2D eigenvalue weighted by Crippen LogP contribution is 2.29. The molecular weight excluding hydrogens is 463 g/mol. The summed E-state index contributed by atoms with van der Waals surface area (Å²) in [6, 6.07) is 6.71. The molecule has 10 nitrogen and oxygen atoms in total. The van der Waals surface area contributed by atoms with Crippen LogP contribution in [0.2, 0.25) is 0 Å². The average molecular weight is 489 g/mol. The SMILES string of the molecule is Cc1cccc(Cn2ccc(C(=O)c3cncnc3NC3CCC(COS(N)(=O)=O)C3)n2)c1F. The predicted molar refractivity (Wildman–Crippen MR) is 122 cm³/mol. The van der Waals surface area contributed by atoms with Crippen molar-refractivity contribution in [1.29, 1.82) is 0 Å². The molecule has 1 aliphatic rings. The number of anilines is 1. The summed E-state index contributed by atoms with van der Waals surface area (Å²) in [5.74, 6) is -0.261. The molecule has 1 saturated carbocycles. The first-order chi connectivity index (χ1) is 16.2. The van der Waals surface area contributed by atoms with Gasteiger partial charge in [0.2, 0.25) is 5.78 Å². The summed E-state index contributed by atoms with van der Waals surface area (Å²) in [5.41, 5.74) is 1.48. The number of hydrogen-bond acceptors (Lipinski definition) is 8. The Morgan fingerprint density at radius 2 is 2.15 bits per heavy atom. The highest BCUT2D eigenvalue weighted by atomic mass is 32.2. The van der Waals surface area contributed by atoms with E-state index < -0.39 is 10.3 Å². The Bertz CT molecular complexity index is 1300. The molecule has 0 spiro atoms. The molecule has 1 aliphatic carbocycles. The Morgan fingerprint density at radius 1 is 1.32 bits per heavy atom. The smallest absolute Gasteiger partial charge is 0.333 e. The number of aryl methyl sites for hydroxylation is 1. The zero-order valence-electron chi connectivity index (χ0n) is 18.5. The number of halogens is 1. The van der Waals surface area contributed by atoms with Gasteiger partial charge in [0.15, 0.2) is 0 Å². The maximum absolute atomic E-state index is 14.3. The molecular formula is C22H25FN6O4S. The molecule has 12 heteroatoms. The highest BCUT2D eigenvalue weighted by Gasteiger charge is 2.28. The van der Waals surface area contributed by atoms with Gasteiger partial charge in [-0.15, -0.1) is 0 Å². The van der Waals surface area contributed by atoms with Gasteiger partial charge >= 0.3 is 10.3 Å². The number of nitrogens with one attached hydrogen (secondary N) is 1. The van der Waals surface area contributed by atoms with Gasteiger partial charge in [0.1, 0.15) is 23.7 Å². The van der Waals surface area contributed by atoms with E-state index in [4.69, 9.17) is 9.32 Å². The summed E-state index contributed by atoms with van der Waals surface area (Å²) >= 11 is 0. The lowest BCUT2D eigenvalue weighted by Gasteiger charge is -2.15. The van der Waals surface area contributed by atoms with Gasteiger partial charge in [0.05, 0.1) is 18.7 Å². The van der Waals surface area contributed by atoms with Crippen LogP contribution in [-0.4, -0.2) is 46.6 Å². The fourth-order valence-electron chi connectivity index (χ4n) is 4.07. The van der Waals surface area contributed by atoms with Gasteiger partial charge in [-0.1, -0.05) is 18.2 Å². The molecule has 180 valence electrons. The molecule has 2 aromatic heterocycles. The number of hydrogen-bond donors (Lipinski definition) is 2. The number of aromatic nitrogens is 4. The van der Waals surface area contributed by atoms with E-state index in [1.807, 2.05) is 0 Å². The standard InChI is InChI=1S/C22H25FN6O4S/c1-14-3-2-4-16(20(14)23)11-29-8-7-19(28-29)21(30)18-10-25-13-26-22(18)27-17-6-5-15(9-17)12-33-34(24,31)32/h2-4,7-8,10,13,15,17H,5-6,9,11-12H2,1H3,(H2,24,31,32)(H,25,26,27). The van der Waals surface area contributed by atoms with Gasteiger partial charge < -0.3 is 5.32 Å². The lowest BCUT2D eigenvalue weighted by Crippen LogP contribution is -2.22. The Labute approximate surface area is 196 Å². The average Bonchev–Trinajstić information content (AvgIpc) is 3.45. The van der Waals surface area contributed by atoms with Crippen LogP contribution in [0.1, 0.15) is 46.4 Å². The first-order valence-electron chi connectivity index (χ1n) is 10.8. The van der Waals surface area contributed by atoms with Gasteiger partial charge in [-0.2, -0.15) is 13.5 Å². The lowest BCUT2D eigenvalue weighted by atomic mass is 10.1. The molecule has 2 unspecified atom stereocenters. The van der Waals surface area contributed by atoms with Crippen LogP contribution >= 0.6 is 0 Å².